The van der Waals surface area contributed by atoms with Crippen molar-refractivity contribution in [2.45, 2.75) is 45.4 Å². The van der Waals surface area contributed by atoms with Crippen molar-refractivity contribution in [1.29, 1.82) is 0 Å². The minimum Gasteiger partial charge on any atom is -0.474 e. The van der Waals surface area contributed by atoms with Gasteiger partial charge in [-0.05, 0) is 38.4 Å². The quantitative estimate of drug-likeness (QED) is 0.355. The summed E-state index contributed by atoms with van der Waals surface area (Å²) in [6.45, 7) is 8.88. The Morgan fingerprint density at radius 2 is 2.11 bits per heavy atom. The van der Waals surface area contributed by atoms with Gasteiger partial charge in [0.15, 0.2) is 11.5 Å². The van der Waals surface area contributed by atoms with Crippen LogP contribution in [0.5, 0.6) is 5.88 Å². The predicted molar refractivity (Wildman–Crippen MR) is 133 cm³/mol. The molecule has 182 valence electrons. The summed E-state index contributed by atoms with van der Waals surface area (Å²) in [7, 11) is 0. The molecule has 0 atom stereocenters. The second-order valence-electron chi connectivity index (χ2n) is 8.44. The van der Waals surface area contributed by atoms with Crippen molar-refractivity contribution < 1.29 is 4.74 Å². The number of nitrogens with zero attached hydrogens (tertiary/aromatic N) is 7. The fourth-order valence-corrected chi connectivity index (χ4v) is 4.19. The van der Waals surface area contributed by atoms with Gasteiger partial charge in [-0.15, -0.1) is 6.58 Å². The Bertz CT molecular complexity index is 1380. The molecule has 11 heteroatoms. The highest BCUT2D eigenvalue weighted by atomic mass is 16.5. The number of aromatic nitrogens is 7. The van der Waals surface area contributed by atoms with Crippen LogP contribution in [0.2, 0.25) is 0 Å². The molecule has 1 fully saturated rings. The summed E-state index contributed by atoms with van der Waals surface area (Å²) in [5.74, 6) is 1.41. The van der Waals surface area contributed by atoms with Gasteiger partial charge in [0, 0.05) is 25.0 Å². The number of nitrogens with one attached hydrogen (secondary N) is 2. The fraction of sp³-hybridized carbons (Fsp3) is 0.375. The van der Waals surface area contributed by atoms with Crippen molar-refractivity contribution in [2.24, 2.45) is 0 Å². The number of allylic oxidation sites excluding steroid dienone is 1. The first-order valence-electron chi connectivity index (χ1n) is 11.9. The standard InChI is InChI=1S/C24H29N9O2/c1-3-12-31-16-17(14-27-31)28-24-26-15-19-22(30-24)33(32(13-4-2)23(19)34)20-6-5-7-21(29-20)35-18-8-10-25-11-9-18/h4-7,14-16,18,25H,2-3,8-13H2,1H3,(H,26,28,30). The van der Waals surface area contributed by atoms with Gasteiger partial charge in [-0.3, -0.25) is 9.48 Å². The summed E-state index contributed by atoms with van der Waals surface area (Å²) in [5, 5.41) is 11.2. The molecule has 5 rings (SSSR count). The molecule has 1 aliphatic rings. The van der Waals surface area contributed by atoms with E-state index in [4.69, 9.17) is 9.72 Å². The van der Waals surface area contributed by atoms with Gasteiger partial charge in [-0.25, -0.2) is 14.3 Å². The Kier molecular flexibility index (Phi) is 6.57. The monoisotopic (exact) mass is 475 g/mol. The summed E-state index contributed by atoms with van der Waals surface area (Å²) >= 11 is 0. The van der Waals surface area contributed by atoms with Crippen LogP contribution >= 0.6 is 0 Å². The van der Waals surface area contributed by atoms with Crippen LogP contribution in [0.3, 0.4) is 0 Å². The van der Waals surface area contributed by atoms with E-state index in [2.05, 4.69) is 39.2 Å². The lowest BCUT2D eigenvalue weighted by atomic mass is 10.1. The minimum atomic E-state index is -0.214. The summed E-state index contributed by atoms with van der Waals surface area (Å²) in [4.78, 5) is 26.9. The molecule has 0 saturated carbocycles. The third-order valence-electron chi connectivity index (χ3n) is 5.82. The maximum atomic E-state index is 13.2. The Labute approximate surface area is 202 Å². The molecular weight excluding hydrogens is 446 g/mol. The van der Waals surface area contributed by atoms with Crippen LogP contribution < -0.4 is 20.9 Å². The molecule has 0 spiro atoms. The van der Waals surface area contributed by atoms with Crippen LogP contribution in [-0.4, -0.2) is 53.3 Å². The molecule has 4 aromatic heterocycles. The van der Waals surface area contributed by atoms with Crippen LogP contribution in [0.15, 0.2) is 54.2 Å². The molecule has 0 aliphatic carbocycles. The Hall–Kier alpha value is -3.99. The van der Waals surface area contributed by atoms with E-state index in [-0.39, 0.29) is 11.7 Å². The Morgan fingerprint density at radius 3 is 2.91 bits per heavy atom. The maximum absolute atomic E-state index is 13.2. The number of piperidine rings is 1. The lowest BCUT2D eigenvalue weighted by Crippen LogP contribution is -2.34. The molecule has 4 aromatic rings. The van der Waals surface area contributed by atoms with Gasteiger partial charge >= 0.3 is 0 Å². The highest BCUT2D eigenvalue weighted by molar-refractivity contribution is 5.77. The second-order valence-corrected chi connectivity index (χ2v) is 8.44. The largest absolute Gasteiger partial charge is 0.474 e. The van der Waals surface area contributed by atoms with Crippen LogP contribution in [0, 0.1) is 0 Å². The zero-order chi connectivity index (χ0) is 24.2. The molecule has 0 amide bonds. The van der Waals surface area contributed by atoms with Gasteiger partial charge in [-0.2, -0.15) is 15.1 Å². The van der Waals surface area contributed by atoms with E-state index < -0.39 is 0 Å². The first kappa shape index (κ1) is 22.8. The lowest BCUT2D eigenvalue weighted by Gasteiger charge is -2.23. The number of pyridine rings is 1. The average Bonchev–Trinajstić information content (AvgIpc) is 3.42. The summed E-state index contributed by atoms with van der Waals surface area (Å²) < 4.78 is 11.2. The maximum Gasteiger partial charge on any atom is 0.278 e. The van der Waals surface area contributed by atoms with Gasteiger partial charge in [0.2, 0.25) is 11.8 Å². The van der Waals surface area contributed by atoms with Crippen molar-refractivity contribution in [2.75, 3.05) is 18.4 Å². The topological polar surface area (TPSA) is 117 Å². The smallest absolute Gasteiger partial charge is 0.278 e. The molecule has 2 N–H and O–H groups in total. The summed E-state index contributed by atoms with van der Waals surface area (Å²) in [6.07, 6.45) is 9.78. The zero-order valence-corrected chi connectivity index (χ0v) is 19.7. The summed E-state index contributed by atoms with van der Waals surface area (Å²) in [5.41, 5.74) is 1.00. The third-order valence-corrected chi connectivity index (χ3v) is 5.82. The number of fused-ring (bicyclic) bond motifs is 1. The van der Waals surface area contributed by atoms with Crippen molar-refractivity contribution >= 4 is 22.7 Å². The fourth-order valence-electron chi connectivity index (χ4n) is 4.19. The van der Waals surface area contributed by atoms with E-state index in [1.807, 2.05) is 29.1 Å². The zero-order valence-electron chi connectivity index (χ0n) is 19.7. The number of hydrogen-bond donors (Lipinski definition) is 2. The number of hydrogen-bond acceptors (Lipinski definition) is 8. The molecular formula is C24H29N9O2. The molecule has 0 aromatic carbocycles. The van der Waals surface area contributed by atoms with Crippen molar-refractivity contribution in [3.63, 3.8) is 0 Å². The molecule has 35 heavy (non-hydrogen) atoms. The van der Waals surface area contributed by atoms with Crippen LogP contribution in [0.4, 0.5) is 11.6 Å². The SMILES string of the molecule is C=CCn1c(=O)c2cnc(Nc3cnn(CCC)c3)nc2n1-c1cccc(OC2CCNCC2)n1. The van der Waals surface area contributed by atoms with Gasteiger partial charge in [0.05, 0.1) is 18.4 Å². The molecule has 1 saturated heterocycles. The molecule has 5 heterocycles. The molecule has 11 nitrogen and oxygen atoms in total. The number of ether oxygens (including phenoxy) is 1. The Balaban J connectivity index is 1.53. The first-order chi connectivity index (χ1) is 17.2. The van der Waals surface area contributed by atoms with Crippen molar-refractivity contribution in [1.82, 2.24) is 39.4 Å². The van der Waals surface area contributed by atoms with Gasteiger partial charge < -0.3 is 15.4 Å². The highest BCUT2D eigenvalue weighted by Crippen LogP contribution is 2.21. The van der Waals surface area contributed by atoms with Crippen LogP contribution in [-0.2, 0) is 13.1 Å². The van der Waals surface area contributed by atoms with Crippen molar-refractivity contribution in [3.8, 4) is 11.7 Å². The lowest BCUT2D eigenvalue weighted by molar-refractivity contribution is 0.156. The summed E-state index contributed by atoms with van der Waals surface area (Å²) in [6, 6.07) is 5.54. The van der Waals surface area contributed by atoms with E-state index in [1.54, 1.807) is 21.6 Å². The first-order valence-corrected chi connectivity index (χ1v) is 11.9. The van der Waals surface area contributed by atoms with E-state index in [1.165, 1.54) is 6.20 Å². The molecule has 1 aliphatic heterocycles. The molecule has 0 unspecified atom stereocenters. The second kappa shape index (κ2) is 10.1. The van der Waals surface area contributed by atoms with E-state index in [0.717, 1.165) is 44.6 Å². The normalized spacial score (nSPS) is 14.3. The molecule has 0 radical (unpaired) electrons. The minimum absolute atomic E-state index is 0.113. The molecule has 0 bridgehead atoms. The van der Waals surface area contributed by atoms with Crippen LogP contribution in [0.1, 0.15) is 26.2 Å². The van der Waals surface area contributed by atoms with E-state index in [9.17, 15) is 4.79 Å². The number of rotatable bonds is 9. The van der Waals surface area contributed by atoms with Gasteiger partial charge in [0.1, 0.15) is 11.5 Å². The third kappa shape index (κ3) is 4.80. The average molecular weight is 476 g/mol. The van der Waals surface area contributed by atoms with E-state index in [0.29, 0.717) is 35.2 Å². The van der Waals surface area contributed by atoms with Gasteiger partial charge in [-0.1, -0.05) is 19.1 Å². The predicted octanol–water partition coefficient (Wildman–Crippen LogP) is 2.64. The van der Waals surface area contributed by atoms with Crippen LogP contribution in [0.25, 0.3) is 16.9 Å². The highest BCUT2D eigenvalue weighted by Gasteiger charge is 2.20. The van der Waals surface area contributed by atoms with Gasteiger partial charge in [0.25, 0.3) is 5.56 Å². The number of anilines is 2. The number of aryl methyl sites for hydroxylation is 1. The Morgan fingerprint density at radius 1 is 1.26 bits per heavy atom. The van der Waals surface area contributed by atoms with Crippen molar-refractivity contribution in [3.05, 3.63) is 59.8 Å². The van der Waals surface area contributed by atoms with E-state index >= 15 is 0 Å².